The third kappa shape index (κ3) is 13.4. The summed E-state index contributed by atoms with van der Waals surface area (Å²) >= 11 is 0. The molecule has 0 radical (unpaired) electrons. The van der Waals surface area contributed by atoms with Crippen LogP contribution in [0.2, 0.25) is 0 Å². The predicted molar refractivity (Wildman–Crippen MR) is 259 cm³/mol. The Morgan fingerprint density at radius 1 is 0.671 bits per heavy atom. The summed E-state index contributed by atoms with van der Waals surface area (Å²) in [5, 5.41) is 112. The molecule has 3 fully saturated rings. The van der Waals surface area contributed by atoms with Crippen LogP contribution < -0.4 is 31.3 Å². The lowest BCUT2D eigenvalue weighted by molar-refractivity contribution is -0.148. The number of unbranched alkanes of at least 4 members (excludes halogenated alkanes) is 1. The molecule has 23 nitrogen and oxygen atoms in total. The van der Waals surface area contributed by atoms with Crippen molar-refractivity contribution in [2.75, 3.05) is 25.0 Å². The van der Waals surface area contributed by atoms with Crippen LogP contribution in [-0.2, 0) is 28.8 Å². The number of aliphatic hydroxyl groups is 8. The molecule has 6 rings (SSSR count). The minimum Gasteiger partial charge on any atom is -0.508 e. The number of anilines is 1. The Morgan fingerprint density at radius 3 is 1.82 bits per heavy atom. The molecule has 15 unspecified atom stereocenters. The molecule has 73 heavy (non-hydrogen) atoms. The van der Waals surface area contributed by atoms with E-state index in [1.165, 1.54) is 31.2 Å². The molecule has 3 aliphatic heterocycles. The molecule has 3 heterocycles. The largest absolute Gasteiger partial charge is 0.508 e. The van der Waals surface area contributed by atoms with E-state index in [2.05, 4.69) is 33.5 Å². The van der Waals surface area contributed by atoms with Gasteiger partial charge >= 0.3 is 0 Å². The van der Waals surface area contributed by atoms with Crippen LogP contribution in [0.25, 0.3) is 11.1 Å². The van der Waals surface area contributed by atoms with Gasteiger partial charge in [-0.25, -0.2) is 0 Å². The monoisotopic (exact) mass is 1020 g/mol. The van der Waals surface area contributed by atoms with Crippen molar-refractivity contribution in [3.8, 4) is 22.6 Å². The molecule has 3 aromatic rings. The molecule has 3 saturated heterocycles. The number of aromatic hydroxyl groups is 1. The summed E-state index contributed by atoms with van der Waals surface area (Å²) in [6, 6.07) is 7.84. The summed E-state index contributed by atoms with van der Waals surface area (Å²) in [6.45, 7) is 5.53. The fourth-order valence-electron chi connectivity index (χ4n) is 9.06. The second-order valence-corrected chi connectivity index (χ2v) is 19.0. The quantitative estimate of drug-likeness (QED) is 0.0849. The number of ether oxygens (including phenoxy) is 1. The average Bonchev–Trinajstić information content (AvgIpc) is 3.90. The van der Waals surface area contributed by atoms with Crippen molar-refractivity contribution < 1.29 is 79.5 Å². The van der Waals surface area contributed by atoms with Crippen LogP contribution in [0, 0.1) is 5.92 Å². The lowest BCUT2D eigenvalue weighted by atomic mass is 9.96. The molecule has 3 aromatic carbocycles. The number of fused-ring (bicyclic) bond motifs is 2. The maximum atomic E-state index is 14.4. The molecule has 0 aliphatic carbocycles. The summed E-state index contributed by atoms with van der Waals surface area (Å²) in [4.78, 5) is 87.3. The Bertz CT molecular complexity index is 2390. The van der Waals surface area contributed by atoms with Crippen molar-refractivity contribution in [3.63, 3.8) is 0 Å². The number of phenolic OH excluding ortho intramolecular Hbond substituents is 1. The first-order valence-corrected chi connectivity index (χ1v) is 24.3. The highest BCUT2D eigenvalue weighted by Gasteiger charge is 2.50. The van der Waals surface area contributed by atoms with E-state index in [0.717, 1.165) is 47.6 Å². The van der Waals surface area contributed by atoms with Gasteiger partial charge in [-0.15, -0.1) is 0 Å². The van der Waals surface area contributed by atoms with Gasteiger partial charge in [0, 0.05) is 37.5 Å². The highest BCUT2D eigenvalue weighted by atomic mass is 16.5. The van der Waals surface area contributed by atoms with Crippen LogP contribution in [0.1, 0.15) is 65.0 Å². The third-order valence-electron chi connectivity index (χ3n) is 13.3. The van der Waals surface area contributed by atoms with Crippen molar-refractivity contribution in [1.82, 2.24) is 31.1 Å². The average molecular weight is 1020 g/mol. The zero-order chi connectivity index (χ0) is 53.4. The van der Waals surface area contributed by atoms with Gasteiger partial charge in [-0.1, -0.05) is 56.7 Å². The highest BCUT2D eigenvalue weighted by Crippen LogP contribution is 2.29. The highest BCUT2D eigenvalue weighted by molar-refractivity contribution is 5.98. The van der Waals surface area contributed by atoms with E-state index in [1.807, 2.05) is 24.3 Å². The first-order chi connectivity index (χ1) is 34.6. The minimum absolute atomic E-state index is 0.0537. The van der Waals surface area contributed by atoms with E-state index >= 15 is 0 Å². The minimum atomic E-state index is -2.26. The second-order valence-electron chi connectivity index (χ2n) is 19.0. The first kappa shape index (κ1) is 55.9. The number of amides is 6. The lowest BCUT2D eigenvalue weighted by Crippen LogP contribution is -2.64. The molecule has 15 atom stereocenters. The number of hydrogen-bond donors (Lipinski definition) is 14. The van der Waals surface area contributed by atoms with E-state index in [-0.39, 0.29) is 17.9 Å². The van der Waals surface area contributed by atoms with Crippen LogP contribution in [0.4, 0.5) is 5.69 Å². The van der Waals surface area contributed by atoms with Crippen molar-refractivity contribution in [1.29, 1.82) is 0 Å². The van der Waals surface area contributed by atoms with Gasteiger partial charge in [0.2, 0.25) is 35.4 Å². The Balaban J connectivity index is 1.36. The second kappa shape index (κ2) is 24.5. The maximum Gasteiger partial charge on any atom is 0.248 e. The Hall–Kier alpha value is -6.44. The topological polar surface area (TPSA) is 360 Å². The number of rotatable bonds is 12. The fraction of sp³-hybridized carbons (Fsp3) is 0.520. The number of phenols is 1. The van der Waals surface area contributed by atoms with Crippen LogP contribution >= 0.6 is 0 Å². The summed E-state index contributed by atoms with van der Waals surface area (Å²) in [7, 11) is 0. The zero-order valence-corrected chi connectivity index (χ0v) is 40.8. The van der Waals surface area contributed by atoms with Crippen LogP contribution in [0.3, 0.4) is 0 Å². The maximum absolute atomic E-state index is 14.4. The molecule has 23 heteroatoms. The molecule has 3 aliphatic rings. The van der Waals surface area contributed by atoms with Crippen molar-refractivity contribution >= 4 is 41.1 Å². The van der Waals surface area contributed by atoms with Gasteiger partial charge in [-0.05, 0) is 73.4 Å². The first-order valence-electron chi connectivity index (χ1n) is 24.3. The standard InChI is InChI=1S/C50H67N7O16/c1-5-6-19-73-33-17-11-28(12-18-33)27-7-13-30(14-8-27)51-34-21-36(62)46(68)55-48(70)40-41(63)24(2)22-57(40)50(72)38(26(4)59)53-47(69)39(43(65)42(64)29-9-15-31(60)16-10-29)54-45(67)35-20-32(61)23-56(35)49(71)37(25(3)58)52-44(34)66/h7-18,24-26,32,34-43,46,51,58-65,68H,5-6,19-23H2,1-4H3,(H,52,66)(H,53,69)(H,54,67)(H,55,70). The van der Waals surface area contributed by atoms with Gasteiger partial charge in [-0.3, -0.25) is 28.8 Å². The molecule has 0 spiro atoms. The van der Waals surface area contributed by atoms with Crippen LogP contribution in [-0.4, -0.2) is 190 Å². The number of nitrogens with one attached hydrogen (secondary N) is 5. The number of nitrogens with zero attached hydrogens (tertiary/aromatic N) is 2. The number of benzene rings is 3. The van der Waals surface area contributed by atoms with E-state index < -0.39 is 146 Å². The third-order valence-corrected chi connectivity index (χ3v) is 13.3. The van der Waals surface area contributed by atoms with E-state index in [0.29, 0.717) is 18.0 Å². The Morgan fingerprint density at radius 2 is 1.23 bits per heavy atom. The molecule has 0 bridgehead atoms. The van der Waals surface area contributed by atoms with Gasteiger partial charge in [0.25, 0.3) is 0 Å². The molecular weight excluding hydrogens is 955 g/mol. The van der Waals surface area contributed by atoms with Gasteiger partial charge in [0.05, 0.1) is 31.0 Å². The number of aliphatic hydroxyl groups excluding tert-OH is 8. The van der Waals surface area contributed by atoms with Gasteiger partial charge < -0.3 is 87.1 Å². The predicted octanol–water partition coefficient (Wildman–Crippen LogP) is -2.30. The van der Waals surface area contributed by atoms with Crippen molar-refractivity contribution in [2.24, 2.45) is 5.92 Å². The van der Waals surface area contributed by atoms with E-state index in [4.69, 9.17) is 4.74 Å². The number of hydrogen-bond acceptors (Lipinski definition) is 17. The lowest BCUT2D eigenvalue weighted by Gasteiger charge is -2.34. The number of carbonyl (C=O) groups excluding carboxylic acids is 6. The van der Waals surface area contributed by atoms with E-state index in [9.17, 15) is 74.7 Å². The molecule has 6 amide bonds. The summed E-state index contributed by atoms with van der Waals surface area (Å²) in [5.74, 6) is -7.36. The van der Waals surface area contributed by atoms with Gasteiger partial charge in [-0.2, -0.15) is 0 Å². The Kier molecular flexibility index (Phi) is 18.8. The molecule has 0 aromatic heterocycles. The molecule has 14 N–H and O–H groups in total. The summed E-state index contributed by atoms with van der Waals surface area (Å²) in [6.07, 6.45) is -14.1. The molecular formula is C50H67N7O16. The summed E-state index contributed by atoms with van der Waals surface area (Å²) < 4.78 is 5.77. The molecule has 398 valence electrons. The zero-order valence-electron chi connectivity index (χ0n) is 40.8. The van der Waals surface area contributed by atoms with Gasteiger partial charge in [0.15, 0.2) is 6.23 Å². The smallest absolute Gasteiger partial charge is 0.248 e. The van der Waals surface area contributed by atoms with Crippen molar-refractivity contribution in [3.05, 3.63) is 78.4 Å². The van der Waals surface area contributed by atoms with Crippen LogP contribution in [0.5, 0.6) is 11.5 Å². The van der Waals surface area contributed by atoms with Gasteiger partial charge in [0.1, 0.15) is 66.1 Å². The van der Waals surface area contributed by atoms with Crippen molar-refractivity contribution in [2.45, 2.75) is 139 Å². The SMILES string of the molecule is CCCCOc1ccc(-c2ccc(NC3CC(O)C(O)NC(=O)C4C(O)C(C)CN4C(=O)C(C(C)O)NC(=O)C(C(O)C(O)c4ccc(O)cc4)NC(=O)C4CC(O)CN4C(=O)C(C(C)O)NC3=O)cc2)cc1. The summed E-state index contributed by atoms with van der Waals surface area (Å²) in [5.41, 5.74) is 1.86. The van der Waals surface area contributed by atoms with Crippen LogP contribution in [0.15, 0.2) is 72.8 Å². The fourth-order valence-corrected chi connectivity index (χ4v) is 9.06. The molecule has 0 saturated carbocycles. The van der Waals surface area contributed by atoms with E-state index in [1.54, 1.807) is 24.3 Å². The Labute approximate surface area is 421 Å². The number of carbonyl (C=O) groups is 6. The normalized spacial score (nSPS) is 29.6.